The molecule has 0 fully saturated rings. The first kappa shape index (κ1) is 13.3. The second-order valence-electron chi connectivity index (χ2n) is 5.53. The zero-order valence-corrected chi connectivity index (χ0v) is 11.7. The van der Waals surface area contributed by atoms with Crippen LogP contribution < -0.4 is 0 Å². The molecule has 0 saturated carbocycles. The zero-order valence-electron chi connectivity index (χ0n) is 10.7. The van der Waals surface area contributed by atoms with Crippen LogP contribution in [0.1, 0.15) is 32.6 Å². The van der Waals surface area contributed by atoms with Gasteiger partial charge in [0.15, 0.2) is 0 Å². The molecule has 1 N–H and O–H groups in total. The lowest BCUT2D eigenvalue weighted by Gasteiger charge is -2.33. The maximum absolute atomic E-state index is 11.2. The Hall–Kier alpha value is -0.773. The Morgan fingerprint density at radius 1 is 1.56 bits per heavy atom. The molecule has 4 heteroatoms. The first-order chi connectivity index (χ1) is 7.29. The summed E-state index contributed by atoms with van der Waals surface area (Å²) in [6.07, 6.45) is 4.76. The highest BCUT2D eigenvalue weighted by Gasteiger charge is 2.38. The molecule has 0 aromatic carbocycles. The van der Waals surface area contributed by atoms with Crippen LogP contribution in [0.5, 0.6) is 0 Å². The van der Waals surface area contributed by atoms with E-state index in [1.165, 1.54) is 0 Å². The molecule has 0 aromatic heterocycles. The Bertz CT molecular complexity index is 304. The standard InChI is InChI=1S/C12H22O3Si/c1-5-12(11(13)14)8-6-10(7-9-12)15-16(2,3)4/h6H,5,7-9H2,1-4H3,(H,13,14). The lowest BCUT2D eigenvalue weighted by Crippen LogP contribution is -2.33. The molecule has 0 aliphatic heterocycles. The molecule has 0 bridgehead atoms. The summed E-state index contributed by atoms with van der Waals surface area (Å²) in [4.78, 5) is 11.2. The third kappa shape index (κ3) is 3.11. The van der Waals surface area contributed by atoms with Crippen molar-refractivity contribution in [3.05, 3.63) is 11.8 Å². The Kier molecular flexibility index (Phi) is 3.83. The van der Waals surface area contributed by atoms with Gasteiger partial charge >= 0.3 is 5.97 Å². The molecule has 1 aliphatic rings. The molecule has 3 nitrogen and oxygen atoms in total. The lowest BCUT2D eigenvalue weighted by molar-refractivity contribution is -0.149. The van der Waals surface area contributed by atoms with Gasteiger partial charge in [0.25, 0.3) is 0 Å². The maximum Gasteiger partial charge on any atom is 0.309 e. The van der Waals surface area contributed by atoms with Crippen molar-refractivity contribution >= 4 is 14.3 Å². The van der Waals surface area contributed by atoms with E-state index < -0.39 is 19.7 Å². The molecule has 0 spiro atoms. The van der Waals surface area contributed by atoms with Crippen molar-refractivity contribution in [2.45, 2.75) is 52.2 Å². The highest BCUT2D eigenvalue weighted by atomic mass is 28.4. The normalized spacial score (nSPS) is 26.1. The molecule has 1 atom stereocenters. The van der Waals surface area contributed by atoms with Crippen molar-refractivity contribution in [2.24, 2.45) is 5.41 Å². The number of hydrogen-bond donors (Lipinski definition) is 1. The monoisotopic (exact) mass is 242 g/mol. The van der Waals surface area contributed by atoms with Crippen molar-refractivity contribution in [3.63, 3.8) is 0 Å². The fourth-order valence-electron chi connectivity index (χ4n) is 2.03. The van der Waals surface area contributed by atoms with E-state index in [4.69, 9.17) is 4.43 Å². The number of rotatable bonds is 4. The van der Waals surface area contributed by atoms with Crippen LogP contribution in [0.3, 0.4) is 0 Å². The molecule has 0 radical (unpaired) electrons. The molecule has 1 rings (SSSR count). The Morgan fingerprint density at radius 2 is 2.19 bits per heavy atom. The first-order valence-electron chi connectivity index (χ1n) is 5.90. The van der Waals surface area contributed by atoms with E-state index in [1.54, 1.807) is 0 Å². The van der Waals surface area contributed by atoms with Gasteiger partial charge in [-0.1, -0.05) is 6.92 Å². The predicted molar refractivity (Wildman–Crippen MR) is 66.7 cm³/mol. The van der Waals surface area contributed by atoms with Crippen LogP contribution in [0.15, 0.2) is 11.8 Å². The SMILES string of the molecule is CCC1(C(=O)O)CC=C(O[Si](C)(C)C)CC1. The van der Waals surface area contributed by atoms with Crippen molar-refractivity contribution in [3.8, 4) is 0 Å². The van der Waals surface area contributed by atoms with Gasteiger partial charge in [0.1, 0.15) is 0 Å². The van der Waals surface area contributed by atoms with Gasteiger partial charge in [0, 0.05) is 6.42 Å². The number of allylic oxidation sites excluding steroid dienone is 2. The minimum absolute atomic E-state index is 0.549. The van der Waals surface area contributed by atoms with Crippen molar-refractivity contribution < 1.29 is 14.3 Å². The van der Waals surface area contributed by atoms with Crippen LogP contribution in [-0.2, 0) is 9.22 Å². The van der Waals surface area contributed by atoms with Gasteiger partial charge in [0.05, 0.1) is 11.2 Å². The lowest BCUT2D eigenvalue weighted by atomic mass is 9.74. The van der Waals surface area contributed by atoms with E-state index in [0.717, 1.165) is 12.2 Å². The van der Waals surface area contributed by atoms with Gasteiger partial charge in [-0.3, -0.25) is 4.79 Å². The highest BCUT2D eigenvalue weighted by Crippen LogP contribution is 2.39. The molecule has 92 valence electrons. The zero-order chi connectivity index (χ0) is 12.4. The molecular formula is C12H22O3Si. The number of carboxylic acids is 1. The van der Waals surface area contributed by atoms with Crippen LogP contribution in [0.25, 0.3) is 0 Å². The van der Waals surface area contributed by atoms with Gasteiger partial charge in [0.2, 0.25) is 8.32 Å². The van der Waals surface area contributed by atoms with Crippen LogP contribution in [0.4, 0.5) is 0 Å². The van der Waals surface area contributed by atoms with Gasteiger partial charge in [-0.05, 0) is 45.0 Å². The van der Waals surface area contributed by atoms with E-state index in [0.29, 0.717) is 19.3 Å². The van der Waals surface area contributed by atoms with E-state index in [-0.39, 0.29) is 0 Å². The highest BCUT2D eigenvalue weighted by molar-refractivity contribution is 6.70. The van der Waals surface area contributed by atoms with Crippen LogP contribution in [-0.4, -0.2) is 19.4 Å². The number of carboxylic acid groups (broad SMARTS) is 1. The average molecular weight is 242 g/mol. The molecule has 0 amide bonds. The second kappa shape index (κ2) is 4.61. The summed E-state index contributed by atoms with van der Waals surface area (Å²) >= 11 is 0. The van der Waals surface area contributed by atoms with E-state index in [1.807, 2.05) is 13.0 Å². The van der Waals surface area contributed by atoms with Crippen molar-refractivity contribution in [1.29, 1.82) is 0 Å². The van der Waals surface area contributed by atoms with E-state index >= 15 is 0 Å². The number of aliphatic carboxylic acids is 1. The van der Waals surface area contributed by atoms with Gasteiger partial charge in [-0.25, -0.2) is 0 Å². The minimum atomic E-state index is -1.54. The topological polar surface area (TPSA) is 46.5 Å². The molecular weight excluding hydrogens is 220 g/mol. The molecule has 0 heterocycles. The van der Waals surface area contributed by atoms with Crippen LogP contribution in [0, 0.1) is 5.41 Å². The smallest absolute Gasteiger partial charge is 0.309 e. The summed E-state index contributed by atoms with van der Waals surface area (Å²) in [6, 6.07) is 0. The summed E-state index contributed by atoms with van der Waals surface area (Å²) in [5, 5.41) is 9.25. The fraction of sp³-hybridized carbons (Fsp3) is 0.750. The average Bonchev–Trinajstić information content (AvgIpc) is 2.16. The van der Waals surface area contributed by atoms with Crippen molar-refractivity contribution in [2.75, 3.05) is 0 Å². The second-order valence-corrected chi connectivity index (χ2v) is 9.96. The van der Waals surface area contributed by atoms with Gasteiger partial charge in [-0.2, -0.15) is 0 Å². The Labute approximate surface area is 98.6 Å². The third-order valence-electron chi connectivity index (χ3n) is 3.14. The summed E-state index contributed by atoms with van der Waals surface area (Å²) < 4.78 is 5.90. The minimum Gasteiger partial charge on any atom is -0.548 e. The maximum atomic E-state index is 11.2. The van der Waals surface area contributed by atoms with Crippen LogP contribution in [0.2, 0.25) is 19.6 Å². The molecule has 1 aliphatic carbocycles. The molecule has 16 heavy (non-hydrogen) atoms. The number of hydrogen-bond acceptors (Lipinski definition) is 2. The van der Waals surface area contributed by atoms with E-state index in [9.17, 15) is 9.90 Å². The summed E-state index contributed by atoms with van der Waals surface area (Å²) in [5.41, 5.74) is -0.549. The van der Waals surface area contributed by atoms with E-state index in [2.05, 4.69) is 19.6 Å². The molecule has 1 unspecified atom stereocenters. The summed E-state index contributed by atoms with van der Waals surface area (Å²) in [7, 11) is -1.54. The third-order valence-corrected chi connectivity index (χ3v) is 4.01. The Morgan fingerprint density at radius 3 is 2.50 bits per heavy atom. The fourth-order valence-corrected chi connectivity index (χ4v) is 3.00. The Balaban J connectivity index is 2.70. The van der Waals surface area contributed by atoms with Crippen molar-refractivity contribution in [1.82, 2.24) is 0 Å². The van der Waals surface area contributed by atoms with Gasteiger partial charge < -0.3 is 9.53 Å². The summed E-state index contributed by atoms with van der Waals surface area (Å²) in [6.45, 7) is 8.39. The molecule has 0 aromatic rings. The number of carbonyl (C=O) groups is 1. The molecule has 0 saturated heterocycles. The predicted octanol–water partition coefficient (Wildman–Crippen LogP) is 3.39. The quantitative estimate of drug-likeness (QED) is 0.769. The summed E-state index contributed by atoms with van der Waals surface area (Å²) in [5.74, 6) is 0.336. The van der Waals surface area contributed by atoms with Gasteiger partial charge in [-0.15, -0.1) is 0 Å². The largest absolute Gasteiger partial charge is 0.548 e. The first-order valence-corrected chi connectivity index (χ1v) is 9.31. The van der Waals surface area contributed by atoms with Crippen LogP contribution >= 0.6 is 0 Å².